The molecule has 17 heavy (non-hydrogen) atoms. The third kappa shape index (κ3) is 3.19. The van der Waals surface area contributed by atoms with Crippen LogP contribution in [0.3, 0.4) is 0 Å². The summed E-state index contributed by atoms with van der Waals surface area (Å²) in [6.07, 6.45) is 2.19. The molecule has 0 radical (unpaired) electrons. The first-order chi connectivity index (χ1) is 8.09. The summed E-state index contributed by atoms with van der Waals surface area (Å²) in [5, 5.41) is 0. The number of hydrogen-bond acceptors (Lipinski definition) is 3. The minimum absolute atomic E-state index is 0.106. The SMILES string of the molecule is C[C@@H]1COC[C@H](C)N1C(=O)[C@@H](C)OCC1CC1. The molecule has 0 unspecified atom stereocenters. The molecule has 0 spiro atoms. The van der Waals surface area contributed by atoms with Crippen molar-refractivity contribution in [3.63, 3.8) is 0 Å². The number of carbonyl (C=O) groups is 1. The lowest BCUT2D eigenvalue weighted by Gasteiger charge is -2.40. The van der Waals surface area contributed by atoms with Crippen LogP contribution in [0.5, 0.6) is 0 Å². The molecule has 1 amide bonds. The largest absolute Gasteiger partial charge is 0.377 e. The Balaban J connectivity index is 1.86. The third-order valence-corrected chi connectivity index (χ3v) is 3.55. The van der Waals surface area contributed by atoms with Crippen LogP contribution in [0.2, 0.25) is 0 Å². The van der Waals surface area contributed by atoms with E-state index in [9.17, 15) is 4.79 Å². The summed E-state index contributed by atoms with van der Waals surface area (Å²) < 4.78 is 11.1. The molecular weight excluding hydrogens is 218 g/mol. The maximum Gasteiger partial charge on any atom is 0.252 e. The van der Waals surface area contributed by atoms with Gasteiger partial charge in [-0.3, -0.25) is 4.79 Å². The molecule has 3 atom stereocenters. The lowest BCUT2D eigenvalue weighted by Crippen LogP contribution is -2.55. The Bertz CT molecular complexity index is 268. The van der Waals surface area contributed by atoms with Crippen LogP contribution in [0.1, 0.15) is 33.6 Å². The Labute approximate surface area is 103 Å². The van der Waals surface area contributed by atoms with Crippen molar-refractivity contribution in [1.82, 2.24) is 4.90 Å². The fourth-order valence-corrected chi connectivity index (χ4v) is 2.28. The second-order valence-corrected chi connectivity index (χ2v) is 5.40. The van der Waals surface area contributed by atoms with E-state index in [1.807, 2.05) is 25.7 Å². The quantitative estimate of drug-likeness (QED) is 0.747. The van der Waals surface area contributed by atoms with Gasteiger partial charge in [0, 0.05) is 0 Å². The molecule has 98 valence electrons. The highest BCUT2D eigenvalue weighted by atomic mass is 16.5. The van der Waals surface area contributed by atoms with E-state index in [2.05, 4.69) is 0 Å². The van der Waals surface area contributed by atoms with Crippen molar-refractivity contribution in [2.45, 2.75) is 51.8 Å². The monoisotopic (exact) mass is 241 g/mol. The Morgan fingerprint density at radius 2 is 1.94 bits per heavy atom. The zero-order valence-corrected chi connectivity index (χ0v) is 11.0. The highest BCUT2D eigenvalue weighted by Gasteiger charge is 2.33. The first kappa shape index (κ1) is 12.8. The van der Waals surface area contributed by atoms with Crippen LogP contribution >= 0.6 is 0 Å². The van der Waals surface area contributed by atoms with E-state index < -0.39 is 0 Å². The molecule has 1 saturated carbocycles. The van der Waals surface area contributed by atoms with Crippen LogP contribution in [-0.2, 0) is 14.3 Å². The van der Waals surface area contributed by atoms with Crippen molar-refractivity contribution in [1.29, 1.82) is 0 Å². The lowest BCUT2D eigenvalue weighted by atomic mass is 10.1. The van der Waals surface area contributed by atoms with Gasteiger partial charge in [0.1, 0.15) is 6.10 Å². The summed E-state index contributed by atoms with van der Waals surface area (Å²) in [6, 6.07) is 0.302. The van der Waals surface area contributed by atoms with Gasteiger partial charge in [-0.05, 0) is 39.5 Å². The predicted octanol–water partition coefficient (Wildman–Crippen LogP) is 1.44. The van der Waals surface area contributed by atoms with Crippen LogP contribution in [0.4, 0.5) is 0 Å². The van der Waals surface area contributed by atoms with Gasteiger partial charge in [-0.15, -0.1) is 0 Å². The fourth-order valence-electron chi connectivity index (χ4n) is 2.28. The normalized spacial score (nSPS) is 31.4. The second kappa shape index (κ2) is 5.36. The lowest BCUT2D eigenvalue weighted by molar-refractivity contribution is -0.155. The number of ether oxygens (including phenoxy) is 2. The van der Waals surface area contributed by atoms with Crippen molar-refractivity contribution in [2.75, 3.05) is 19.8 Å². The van der Waals surface area contributed by atoms with E-state index in [0.29, 0.717) is 19.1 Å². The molecule has 1 aliphatic carbocycles. The Kier molecular flexibility index (Phi) is 4.05. The van der Waals surface area contributed by atoms with Crippen molar-refractivity contribution in [2.24, 2.45) is 5.92 Å². The molecule has 1 heterocycles. The average Bonchev–Trinajstić information content (AvgIpc) is 3.09. The minimum Gasteiger partial charge on any atom is -0.377 e. The van der Waals surface area contributed by atoms with Crippen molar-refractivity contribution < 1.29 is 14.3 Å². The molecule has 2 rings (SSSR count). The first-order valence-electron chi connectivity index (χ1n) is 6.61. The van der Waals surface area contributed by atoms with Crippen LogP contribution in [0.15, 0.2) is 0 Å². The second-order valence-electron chi connectivity index (χ2n) is 5.40. The third-order valence-electron chi connectivity index (χ3n) is 3.55. The summed E-state index contributed by atoms with van der Waals surface area (Å²) in [7, 11) is 0. The van der Waals surface area contributed by atoms with E-state index in [1.54, 1.807) is 0 Å². The average molecular weight is 241 g/mol. The van der Waals surface area contributed by atoms with Gasteiger partial charge < -0.3 is 14.4 Å². The Hall–Kier alpha value is -0.610. The van der Waals surface area contributed by atoms with Crippen molar-refractivity contribution >= 4 is 5.91 Å². The number of carbonyl (C=O) groups excluding carboxylic acids is 1. The molecule has 4 nitrogen and oxygen atoms in total. The van der Waals surface area contributed by atoms with Crippen LogP contribution in [0, 0.1) is 5.92 Å². The summed E-state index contributed by atoms with van der Waals surface area (Å²) in [6.45, 7) is 7.92. The molecule has 1 saturated heterocycles. The maximum absolute atomic E-state index is 12.3. The summed E-state index contributed by atoms with van der Waals surface area (Å²) in [5.41, 5.74) is 0. The van der Waals surface area contributed by atoms with Crippen LogP contribution in [0.25, 0.3) is 0 Å². The van der Waals surface area contributed by atoms with Crippen LogP contribution < -0.4 is 0 Å². The van der Waals surface area contributed by atoms with Crippen molar-refractivity contribution in [3.05, 3.63) is 0 Å². The summed E-state index contributed by atoms with van der Waals surface area (Å²) >= 11 is 0. The zero-order valence-electron chi connectivity index (χ0n) is 11.0. The summed E-state index contributed by atoms with van der Waals surface area (Å²) in [5.74, 6) is 0.804. The Morgan fingerprint density at radius 3 is 2.47 bits per heavy atom. The molecule has 0 aromatic carbocycles. The smallest absolute Gasteiger partial charge is 0.252 e. The van der Waals surface area contributed by atoms with Crippen LogP contribution in [-0.4, -0.2) is 48.8 Å². The van der Waals surface area contributed by atoms with Gasteiger partial charge in [-0.25, -0.2) is 0 Å². The molecule has 0 bridgehead atoms. The van der Waals surface area contributed by atoms with Gasteiger partial charge >= 0.3 is 0 Å². The molecule has 0 N–H and O–H groups in total. The number of nitrogens with zero attached hydrogens (tertiary/aromatic N) is 1. The van der Waals surface area contributed by atoms with Gasteiger partial charge in [0.25, 0.3) is 5.91 Å². The highest BCUT2D eigenvalue weighted by molar-refractivity contribution is 5.81. The van der Waals surface area contributed by atoms with Gasteiger partial charge in [-0.1, -0.05) is 0 Å². The highest BCUT2D eigenvalue weighted by Crippen LogP contribution is 2.29. The van der Waals surface area contributed by atoms with E-state index in [0.717, 1.165) is 6.61 Å². The molecule has 2 aliphatic rings. The number of rotatable bonds is 4. The minimum atomic E-state index is -0.321. The summed E-state index contributed by atoms with van der Waals surface area (Å²) in [4.78, 5) is 14.2. The van der Waals surface area contributed by atoms with Gasteiger partial charge in [0.05, 0.1) is 31.9 Å². The fraction of sp³-hybridized carbons (Fsp3) is 0.923. The van der Waals surface area contributed by atoms with Gasteiger partial charge in [0.15, 0.2) is 0 Å². The van der Waals surface area contributed by atoms with E-state index in [4.69, 9.17) is 9.47 Å². The molecule has 4 heteroatoms. The standard InChI is InChI=1S/C13H23NO3/c1-9-6-16-7-10(2)14(9)13(15)11(3)17-8-12-4-5-12/h9-12H,4-8H2,1-3H3/t9-,10+,11-/m1/s1. The van der Waals surface area contributed by atoms with E-state index in [1.165, 1.54) is 12.8 Å². The van der Waals surface area contributed by atoms with E-state index >= 15 is 0 Å². The van der Waals surface area contributed by atoms with Gasteiger partial charge in [0.2, 0.25) is 0 Å². The molecule has 0 aromatic rings. The molecular formula is C13H23NO3. The van der Waals surface area contributed by atoms with E-state index in [-0.39, 0.29) is 24.1 Å². The first-order valence-corrected chi connectivity index (χ1v) is 6.61. The number of morpholine rings is 1. The predicted molar refractivity (Wildman–Crippen MR) is 64.7 cm³/mol. The Morgan fingerprint density at radius 1 is 1.35 bits per heavy atom. The zero-order chi connectivity index (χ0) is 12.4. The van der Waals surface area contributed by atoms with Crippen molar-refractivity contribution in [3.8, 4) is 0 Å². The molecule has 0 aromatic heterocycles. The maximum atomic E-state index is 12.3. The molecule has 1 aliphatic heterocycles. The number of hydrogen-bond donors (Lipinski definition) is 0. The topological polar surface area (TPSA) is 38.8 Å². The number of amides is 1. The van der Waals surface area contributed by atoms with Gasteiger partial charge in [-0.2, -0.15) is 0 Å². The molecule has 2 fully saturated rings.